The molecule has 3 aromatic rings. The predicted molar refractivity (Wildman–Crippen MR) is 135 cm³/mol. The summed E-state index contributed by atoms with van der Waals surface area (Å²) >= 11 is 0. The van der Waals surface area contributed by atoms with Crippen molar-refractivity contribution < 1.29 is 38.8 Å². The van der Waals surface area contributed by atoms with Crippen molar-refractivity contribution in [2.75, 3.05) is 25.7 Å². The van der Waals surface area contributed by atoms with Gasteiger partial charge in [0.15, 0.2) is 11.5 Å². The van der Waals surface area contributed by atoms with Gasteiger partial charge in [-0.15, -0.1) is 0 Å². The third kappa shape index (κ3) is 4.71. The Morgan fingerprint density at radius 1 is 0.919 bits per heavy atom. The molecule has 9 heteroatoms. The molecular weight excluding hydrogens is 478 g/mol. The molecule has 0 aliphatic carbocycles. The number of esters is 1. The first kappa shape index (κ1) is 25.3. The number of hydrogen-bond donors (Lipinski definition) is 2. The predicted octanol–water partition coefficient (Wildman–Crippen LogP) is 4.21. The lowest BCUT2D eigenvalue weighted by atomic mass is 9.94. The molecule has 0 aromatic heterocycles. The van der Waals surface area contributed by atoms with Gasteiger partial charge in [0.2, 0.25) is 0 Å². The van der Waals surface area contributed by atoms with Gasteiger partial charge in [0.1, 0.15) is 11.5 Å². The number of aliphatic hydroxyl groups is 1. The average molecular weight is 504 g/mol. The first-order valence-corrected chi connectivity index (χ1v) is 11.4. The molecule has 1 unspecified atom stereocenters. The van der Waals surface area contributed by atoms with Crippen molar-refractivity contribution >= 4 is 29.1 Å². The fourth-order valence-corrected chi connectivity index (χ4v) is 4.22. The van der Waals surface area contributed by atoms with Gasteiger partial charge in [-0.05, 0) is 67.1 Å². The molecule has 1 aliphatic heterocycles. The Labute approximate surface area is 213 Å². The third-order valence-electron chi connectivity index (χ3n) is 5.94. The van der Waals surface area contributed by atoms with Crippen LogP contribution in [0.4, 0.5) is 5.69 Å². The molecule has 1 fully saturated rings. The standard InChI is InChI=1S/C28H25NO8/c1-4-37-28(34)16-8-11-19(12-9-16)29-24(17-6-5-7-20(30)14-17)23(26(32)27(29)33)25(31)18-10-13-21(35-2)22(15-18)36-3/h5-15,24,30-31H,4H2,1-3H3/b25-23-. The van der Waals surface area contributed by atoms with Gasteiger partial charge in [0, 0.05) is 11.3 Å². The van der Waals surface area contributed by atoms with E-state index in [0.29, 0.717) is 22.7 Å². The number of amides is 1. The summed E-state index contributed by atoms with van der Waals surface area (Å²) in [5.74, 6) is -2.05. The van der Waals surface area contributed by atoms with E-state index in [0.717, 1.165) is 0 Å². The molecule has 1 heterocycles. The zero-order valence-corrected chi connectivity index (χ0v) is 20.4. The summed E-state index contributed by atoms with van der Waals surface area (Å²) in [7, 11) is 2.91. The van der Waals surface area contributed by atoms with Gasteiger partial charge >= 0.3 is 5.97 Å². The van der Waals surface area contributed by atoms with E-state index in [9.17, 15) is 24.6 Å². The van der Waals surface area contributed by atoms with Gasteiger partial charge in [-0.3, -0.25) is 14.5 Å². The highest BCUT2D eigenvalue weighted by atomic mass is 16.5. The minimum Gasteiger partial charge on any atom is -0.508 e. The van der Waals surface area contributed by atoms with Crippen LogP contribution in [0.5, 0.6) is 17.2 Å². The summed E-state index contributed by atoms with van der Waals surface area (Å²) < 4.78 is 15.6. The number of phenolic OH excluding ortho intramolecular Hbond substituents is 1. The van der Waals surface area contributed by atoms with Crippen molar-refractivity contribution in [3.63, 3.8) is 0 Å². The van der Waals surface area contributed by atoms with Gasteiger partial charge < -0.3 is 24.4 Å². The molecule has 1 amide bonds. The number of ketones is 1. The minimum atomic E-state index is -1.06. The quantitative estimate of drug-likeness (QED) is 0.213. The van der Waals surface area contributed by atoms with Gasteiger partial charge in [-0.2, -0.15) is 0 Å². The summed E-state index contributed by atoms with van der Waals surface area (Å²) in [4.78, 5) is 39.9. The van der Waals surface area contributed by atoms with Crippen LogP contribution in [0.25, 0.3) is 5.76 Å². The fourth-order valence-electron chi connectivity index (χ4n) is 4.22. The zero-order chi connectivity index (χ0) is 26.7. The summed E-state index contributed by atoms with van der Waals surface area (Å²) in [5, 5.41) is 21.4. The number of carbonyl (C=O) groups is 3. The van der Waals surface area contributed by atoms with Crippen molar-refractivity contribution in [3.8, 4) is 17.2 Å². The second kappa shape index (κ2) is 10.4. The van der Waals surface area contributed by atoms with Gasteiger partial charge in [0.05, 0.1) is 38.0 Å². The Balaban J connectivity index is 1.88. The van der Waals surface area contributed by atoms with Crippen LogP contribution >= 0.6 is 0 Å². The Bertz CT molecular complexity index is 1390. The topological polar surface area (TPSA) is 123 Å². The lowest BCUT2D eigenvalue weighted by molar-refractivity contribution is -0.132. The van der Waals surface area contributed by atoms with Crippen LogP contribution in [0.3, 0.4) is 0 Å². The number of ether oxygens (including phenoxy) is 3. The first-order valence-electron chi connectivity index (χ1n) is 11.4. The van der Waals surface area contributed by atoms with Crippen molar-refractivity contribution in [3.05, 3.63) is 89.0 Å². The zero-order valence-electron chi connectivity index (χ0n) is 20.4. The van der Waals surface area contributed by atoms with E-state index < -0.39 is 29.5 Å². The van der Waals surface area contributed by atoms with Crippen molar-refractivity contribution in [2.45, 2.75) is 13.0 Å². The molecule has 37 heavy (non-hydrogen) atoms. The number of methoxy groups -OCH3 is 2. The molecule has 1 atom stereocenters. The average Bonchev–Trinajstić information content (AvgIpc) is 3.18. The van der Waals surface area contributed by atoms with Crippen LogP contribution in [0.15, 0.2) is 72.3 Å². The van der Waals surface area contributed by atoms with Crippen LogP contribution in [-0.2, 0) is 14.3 Å². The van der Waals surface area contributed by atoms with Gasteiger partial charge in [-0.25, -0.2) is 4.79 Å². The highest BCUT2D eigenvalue weighted by Gasteiger charge is 2.47. The summed E-state index contributed by atoms with van der Waals surface area (Å²) in [6.07, 6.45) is 0. The lowest BCUT2D eigenvalue weighted by Gasteiger charge is -2.25. The molecule has 9 nitrogen and oxygen atoms in total. The van der Waals surface area contributed by atoms with Crippen LogP contribution in [-0.4, -0.2) is 48.7 Å². The molecule has 3 aromatic carbocycles. The normalized spacial score (nSPS) is 16.5. The summed E-state index contributed by atoms with van der Waals surface area (Å²) in [6, 6.07) is 15.6. The largest absolute Gasteiger partial charge is 0.508 e. The highest BCUT2D eigenvalue weighted by molar-refractivity contribution is 6.51. The van der Waals surface area contributed by atoms with Crippen molar-refractivity contribution in [1.82, 2.24) is 0 Å². The minimum absolute atomic E-state index is 0.0770. The summed E-state index contributed by atoms with van der Waals surface area (Å²) in [5.41, 5.74) is 1.06. The molecule has 1 aliphatic rings. The van der Waals surface area contributed by atoms with Crippen LogP contribution in [0.1, 0.15) is 34.5 Å². The lowest BCUT2D eigenvalue weighted by Crippen LogP contribution is -2.29. The molecule has 0 spiro atoms. The summed E-state index contributed by atoms with van der Waals surface area (Å²) in [6.45, 7) is 1.91. The number of benzene rings is 3. The number of phenols is 1. The fraction of sp³-hybridized carbons (Fsp3) is 0.179. The number of aliphatic hydroxyl groups excluding tert-OH is 1. The van der Waals surface area contributed by atoms with E-state index in [2.05, 4.69) is 0 Å². The number of carbonyl (C=O) groups excluding carboxylic acids is 3. The number of anilines is 1. The van der Waals surface area contributed by atoms with Crippen molar-refractivity contribution in [2.24, 2.45) is 0 Å². The molecule has 2 N–H and O–H groups in total. The second-order valence-electron chi connectivity index (χ2n) is 8.10. The molecular formula is C28H25NO8. The second-order valence-corrected chi connectivity index (χ2v) is 8.10. The number of rotatable bonds is 7. The molecule has 0 bridgehead atoms. The number of nitrogens with zero attached hydrogens (tertiary/aromatic N) is 1. The van der Waals surface area contributed by atoms with E-state index in [4.69, 9.17) is 14.2 Å². The number of hydrogen-bond acceptors (Lipinski definition) is 8. The van der Waals surface area contributed by atoms with Crippen molar-refractivity contribution in [1.29, 1.82) is 0 Å². The van der Waals surface area contributed by atoms with E-state index in [1.54, 1.807) is 25.1 Å². The van der Waals surface area contributed by atoms with Crippen LogP contribution in [0, 0.1) is 0 Å². The maximum Gasteiger partial charge on any atom is 0.338 e. The van der Waals surface area contributed by atoms with Gasteiger partial charge in [-0.1, -0.05) is 12.1 Å². The Morgan fingerprint density at radius 3 is 2.22 bits per heavy atom. The molecule has 1 saturated heterocycles. The molecule has 0 radical (unpaired) electrons. The maximum atomic E-state index is 13.3. The van der Waals surface area contributed by atoms with E-state index in [1.807, 2.05) is 0 Å². The number of aromatic hydroxyl groups is 1. The van der Waals surface area contributed by atoms with Gasteiger partial charge in [0.25, 0.3) is 11.7 Å². The maximum absolute atomic E-state index is 13.3. The SMILES string of the molecule is CCOC(=O)c1ccc(N2C(=O)C(=O)/C(=C(\O)c3ccc(OC)c(OC)c3)C2c2cccc(O)c2)cc1. The first-order chi connectivity index (χ1) is 17.8. The Hall–Kier alpha value is -4.79. The highest BCUT2D eigenvalue weighted by Crippen LogP contribution is 2.43. The molecule has 0 saturated carbocycles. The third-order valence-corrected chi connectivity index (χ3v) is 5.94. The van der Waals surface area contributed by atoms with Crippen LogP contribution in [0.2, 0.25) is 0 Å². The van der Waals surface area contributed by atoms with E-state index >= 15 is 0 Å². The Kier molecular flexibility index (Phi) is 7.15. The van der Waals surface area contributed by atoms with E-state index in [1.165, 1.54) is 67.7 Å². The number of Topliss-reactive ketones (excluding diaryl/α,β-unsaturated/α-hetero) is 1. The van der Waals surface area contributed by atoms with Crippen LogP contribution < -0.4 is 14.4 Å². The Morgan fingerprint density at radius 2 is 1.59 bits per heavy atom. The van der Waals surface area contributed by atoms with E-state index in [-0.39, 0.29) is 29.1 Å². The molecule has 190 valence electrons. The smallest absolute Gasteiger partial charge is 0.338 e. The molecule has 4 rings (SSSR count). The monoisotopic (exact) mass is 503 g/mol.